The highest BCUT2D eigenvalue weighted by molar-refractivity contribution is 7.20. The molecule has 8 aromatic rings. The van der Waals surface area contributed by atoms with E-state index in [4.69, 9.17) is 11.6 Å². The van der Waals surface area contributed by atoms with Crippen molar-refractivity contribution in [3.05, 3.63) is 219 Å². The number of fused-ring (bicyclic) bond motifs is 1. The molecule has 438 valence electrons. The molecule has 0 atom stereocenters. The number of halogens is 25. The number of alkyl halides is 24. The number of ketones is 1. The molecule has 0 radical (unpaired) electrons. The van der Waals surface area contributed by atoms with Gasteiger partial charge in [-0.2, -0.15) is 132 Å². The highest BCUT2D eigenvalue weighted by Crippen LogP contribution is 2.42. The molecule has 1 aromatic heterocycles. The van der Waals surface area contributed by atoms with Crippen LogP contribution in [0.2, 0.25) is 5.02 Å². The van der Waals surface area contributed by atoms with Crippen LogP contribution in [0, 0.1) is 0 Å². The highest BCUT2D eigenvalue weighted by Gasteiger charge is 2.47. The second-order valence-electron chi connectivity index (χ2n) is 18.4. The second-order valence-corrected chi connectivity index (χ2v) is 18.8. The molecule has 0 aliphatic rings. The summed E-state index contributed by atoms with van der Waals surface area (Å²) < 4.78 is 343. The summed E-state index contributed by atoms with van der Waals surface area (Å²) in [5.74, 6) is 0.0789. The van der Waals surface area contributed by atoms with Gasteiger partial charge < -0.3 is 0 Å². The van der Waals surface area contributed by atoms with Crippen molar-refractivity contribution in [3.63, 3.8) is 0 Å². The lowest BCUT2D eigenvalue weighted by molar-refractivity contribution is -0.646. The average molecular weight is 1220 g/mol. The van der Waals surface area contributed by atoms with Crippen LogP contribution in [0.5, 0.6) is 0 Å². The Morgan fingerprint density at radius 3 is 0.976 bits per heavy atom. The fraction of sp³-hybridized carbons (Fsp3) is 0.164. The van der Waals surface area contributed by atoms with Gasteiger partial charge >= 0.3 is 49.4 Å². The van der Waals surface area contributed by atoms with Gasteiger partial charge in [0.25, 0.3) is 0 Å². The lowest BCUT2D eigenvalue weighted by atomic mass is 9.12. The first-order valence-corrected chi connectivity index (χ1v) is 23.5. The zero-order valence-corrected chi connectivity index (χ0v) is 41.4. The molecule has 2 nitrogen and oxygen atoms in total. The monoisotopic (exact) mass is 1220 g/mol. The molecule has 0 amide bonds. The van der Waals surface area contributed by atoms with Crippen molar-refractivity contribution in [1.29, 1.82) is 0 Å². The maximum atomic E-state index is 14.2. The smallest absolute Gasteiger partial charge is 0.287 e. The Kier molecular flexibility index (Phi) is 16.8. The first-order chi connectivity index (χ1) is 38.0. The highest BCUT2D eigenvalue weighted by atomic mass is 35.5. The number of pyridine rings is 1. The Labute approximate surface area is 456 Å². The molecule has 0 fully saturated rings. The summed E-state index contributed by atoms with van der Waals surface area (Å²) in [4.78, 5) is 12.9. The summed E-state index contributed by atoms with van der Waals surface area (Å²) in [7, 11) is 0. The first kappa shape index (κ1) is 62.9. The van der Waals surface area contributed by atoms with Gasteiger partial charge in [0, 0.05) is 33.7 Å². The maximum absolute atomic E-state index is 14.2. The van der Waals surface area contributed by atoms with E-state index < -0.39 is 195 Å². The molecular formula is C55H29BClF24NO. The van der Waals surface area contributed by atoms with Gasteiger partial charge in [0.05, 0.1) is 44.5 Å². The molecule has 0 unspecified atom stereocenters. The van der Waals surface area contributed by atoms with Crippen LogP contribution in [-0.4, -0.2) is 11.9 Å². The number of Topliss-reactive ketones (excluding diaryl/α,β-unsaturated/α-hetero) is 1. The molecule has 28 heteroatoms. The molecule has 1 heterocycles. The molecule has 0 aliphatic heterocycles. The van der Waals surface area contributed by atoms with Crippen LogP contribution in [0.4, 0.5) is 105 Å². The van der Waals surface area contributed by atoms with Crippen LogP contribution in [-0.2, 0) is 56.0 Å². The van der Waals surface area contributed by atoms with Crippen molar-refractivity contribution in [2.75, 3.05) is 0 Å². The summed E-state index contributed by atoms with van der Waals surface area (Å²) in [5.41, 5.74) is -26.5. The predicted molar refractivity (Wildman–Crippen MR) is 255 cm³/mol. The number of hydrogen-bond acceptors (Lipinski definition) is 1. The molecule has 0 saturated carbocycles. The van der Waals surface area contributed by atoms with Gasteiger partial charge in [0.15, 0.2) is 0 Å². The topological polar surface area (TPSA) is 20.9 Å². The molecule has 0 spiro atoms. The van der Waals surface area contributed by atoms with E-state index in [1.54, 1.807) is 0 Å². The summed E-state index contributed by atoms with van der Waals surface area (Å²) in [6.45, 7) is 0.271. The van der Waals surface area contributed by atoms with Crippen molar-refractivity contribution in [3.8, 4) is 11.3 Å². The van der Waals surface area contributed by atoms with E-state index in [2.05, 4.69) is 16.7 Å². The number of carbonyl (C=O) groups is 1. The Balaban J connectivity index is 0.000000313. The number of benzene rings is 7. The van der Waals surface area contributed by atoms with E-state index in [-0.39, 0.29) is 12.3 Å². The fourth-order valence-electron chi connectivity index (χ4n) is 9.26. The third kappa shape index (κ3) is 14.0. The average Bonchev–Trinajstić information content (AvgIpc) is 2.88. The van der Waals surface area contributed by atoms with Gasteiger partial charge in [-0.1, -0.05) is 109 Å². The van der Waals surface area contributed by atoms with Gasteiger partial charge in [0.2, 0.25) is 23.5 Å². The standard InChI is InChI=1S/C32H12BF24.C23H17ClNO/c34-25(35,36)13-1-14(26(37,38)39)6-21(5-13)33(22-7-15(27(40,41)42)2-16(8-22)28(43,44)45,23-9-17(29(46,47)48)3-18(10-23)30(49,50)51)24-11-19(31(52,53)54)4-20(12-24)32(55,56)57;24-20-11-6-10-19(15-20)22-14-13-17-7-4-5-12-21(17)25(22)16-23(26)18-8-2-1-3-9-18/h1-12H;1-15H,16H2/q-1;+1. The predicted octanol–water partition coefficient (Wildman–Crippen LogP) is 16.5. The lowest BCUT2D eigenvalue weighted by Crippen LogP contribution is -2.75. The molecule has 0 aliphatic carbocycles. The maximum Gasteiger partial charge on any atom is 0.416 e. The Bertz CT molecular complexity index is 3270. The molecule has 0 saturated heterocycles. The largest absolute Gasteiger partial charge is 0.416 e. The SMILES string of the molecule is FC(F)(F)c1cc([B-](c2cc(C(F)(F)F)cc(C(F)(F)F)c2)(c2cc(C(F)(F)F)cc(C(F)(F)F)c2)c2cc(C(F)(F)F)cc(C(F)(F)F)c2)cc(C(F)(F)F)c1.O=C(C[n+]1c(-c2cccc(Cl)c2)ccc2ccccc21)c1ccccc1. The van der Waals surface area contributed by atoms with Gasteiger partial charge in [-0.3, -0.25) is 4.79 Å². The summed E-state index contributed by atoms with van der Waals surface area (Å²) in [6, 6.07) is 20.5. The van der Waals surface area contributed by atoms with Crippen molar-refractivity contribution in [2.45, 2.75) is 56.0 Å². The Morgan fingerprint density at radius 1 is 0.349 bits per heavy atom. The summed E-state index contributed by atoms with van der Waals surface area (Å²) >= 11 is 6.19. The third-order valence-corrected chi connectivity index (χ3v) is 13.1. The second kappa shape index (κ2) is 22.1. The van der Waals surface area contributed by atoms with Crippen LogP contribution < -0.4 is 26.4 Å². The van der Waals surface area contributed by atoms with Crippen molar-refractivity contribution in [2.24, 2.45) is 0 Å². The van der Waals surface area contributed by atoms with Crippen LogP contribution >= 0.6 is 11.6 Å². The third-order valence-electron chi connectivity index (χ3n) is 12.9. The molecular weight excluding hydrogens is 1190 g/mol. The quantitative estimate of drug-likeness (QED) is 0.0643. The Morgan fingerprint density at radius 2 is 0.663 bits per heavy atom. The number of carbonyl (C=O) groups excluding carboxylic acids is 1. The van der Waals surface area contributed by atoms with Gasteiger partial charge in [-0.25, -0.2) is 0 Å². The normalized spacial score (nSPS) is 13.2. The minimum absolute atomic E-state index is 0.0789. The van der Waals surface area contributed by atoms with Gasteiger partial charge in [0.1, 0.15) is 6.15 Å². The van der Waals surface area contributed by atoms with Crippen LogP contribution in [0.3, 0.4) is 0 Å². The number of para-hydroxylation sites is 1. The number of rotatable bonds is 8. The summed E-state index contributed by atoms with van der Waals surface area (Å²) in [5, 5.41) is 1.77. The molecule has 83 heavy (non-hydrogen) atoms. The number of hydrogen-bond donors (Lipinski definition) is 0. The Hall–Kier alpha value is -7.71. The number of nitrogens with zero attached hydrogens (tertiary/aromatic N) is 1. The van der Waals surface area contributed by atoms with E-state index in [1.165, 1.54) is 0 Å². The van der Waals surface area contributed by atoms with Crippen molar-refractivity contribution < 1.29 is 115 Å². The van der Waals surface area contributed by atoms with Crippen LogP contribution in [0.15, 0.2) is 164 Å². The van der Waals surface area contributed by atoms with E-state index in [0.29, 0.717) is 10.6 Å². The van der Waals surface area contributed by atoms with E-state index >= 15 is 0 Å². The zero-order valence-electron chi connectivity index (χ0n) is 40.7. The fourth-order valence-corrected chi connectivity index (χ4v) is 9.45. The number of aromatic nitrogens is 1. The van der Waals surface area contributed by atoms with Crippen LogP contribution in [0.25, 0.3) is 22.2 Å². The summed E-state index contributed by atoms with van der Waals surface area (Å²) in [6.07, 6.45) is -54.8. The lowest BCUT2D eigenvalue weighted by Gasteiger charge is -2.46. The van der Waals surface area contributed by atoms with E-state index in [1.807, 2.05) is 78.9 Å². The van der Waals surface area contributed by atoms with Gasteiger partial charge in [-0.05, 0) is 54.6 Å². The van der Waals surface area contributed by atoms with Gasteiger partial charge in [-0.15, -0.1) is 0 Å². The minimum atomic E-state index is -6.13. The molecule has 7 aromatic carbocycles. The first-order valence-electron chi connectivity index (χ1n) is 23.1. The molecule has 8 rings (SSSR count). The van der Waals surface area contributed by atoms with Crippen LogP contribution in [0.1, 0.15) is 54.9 Å². The minimum Gasteiger partial charge on any atom is -0.287 e. The van der Waals surface area contributed by atoms with Crippen molar-refractivity contribution >= 4 is 56.3 Å². The molecule has 0 N–H and O–H groups in total. The zero-order chi connectivity index (χ0) is 61.8. The van der Waals surface area contributed by atoms with Crippen molar-refractivity contribution in [1.82, 2.24) is 0 Å². The molecule has 0 bridgehead atoms. The van der Waals surface area contributed by atoms with E-state index in [9.17, 15) is 110 Å². The van der Waals surface area contributed by atoms with E-state index in [0.717, 1.165) is 22.2 Å².